The van der Waals surface area contributed by atoms with Crippen molar-refractivity contribution in [1.29, 1.82) is 0 Å². The Labute approximate surface area is 156 Å². The molecule has 7 heteroatoms. The van der Waals surface area contributed by atoms with Gasteiger partial charge in [-0.2, -0.15) is 0 Å². The molecule has 0 aliphatic carbocycles. The van der Waals surface area contributed by atoms with E-state index in [4.69, 9.17) is 14.0 Å². The molecule has 3 aromatic rings. The molecule has 0 fully saturated rings. The molecule has 0 radical (unpaired) electrons. The van der Waals surface area contributed by atoms with Gasteiger partial charge >= 0.3 is 5.97 Å². The van der Waals surface area contributed by atoms with Gasteiger partial charge in [0.1, 0.15) is 11.4 Å². The second-order valence-corrected chi connectivity index (χ2v) is 6.00. The number of carbonyl (C=O) groups excluding carboxylic acids is 2. The zero-order chi connectivity index (χ0) is 19.2. The Kier molecular flexibility index (Phi) is 5.71. The SMILES string of the molecule is COc1ccc(CNC(=O)[C@@H](C)OC(=O)Cc2noc3ccccc23)cc1. The van der Waals surface area contributed by atoms with Gasteiger partial charge in [0, 0.05) is 11.9 Å². The second kappa shape index (κ2) is 8.35. The van der Waals surface area contributed by atoms with Crippen LogP contribution in [0.5, 0.6) is 5.75 Å². The van der Waals surface area contributed by atoms with Gasteiger partial charge in [-0.15, -0.1) is 0 Å². The summed E-state index contributed by atoms with van der Waals surface area (Å²) in [6, 6.07) is 14.6. The monoisotopic (exact) mass is 368 g/mol. The van der Waals surface area contributed by atoms with Crippen LogP contribution in [0.3, 0.4) is 0 Å². The number of amides is 1. The first-order valence-corrected chi connectivity index (χ1v) is 8.50. The van der Waals surface area contributed by atoms with Crippen molar-refractivity contribution in [1.82, 2.24) is 10.5 Å². The van der Waals surface area contributed by atoms with Gasteiger partial charge in [0.15, 0.2) is 11.7 Å². The van der Waals surface area contributed by atoms with Gasteiger partial charge < -0.3 is 19.3 Å². The maximum atomic E-state index is 12.1. The van der Waals surface area contributed by atoms with Crippen molar-refractivity contribution in [3.63, 3.8) is 0 Å². The van der Waals surface area contributed by atoms with Crippen molar-refractivity contribution >= 4 is 22.8 Å². The van der Waals surface area contributed by atoms with Crippen LogP contribution in [0.4, 0.5) is 0 Å². The number of hydrogen-bond acceptors (Lipinski definition) is 6. The van der Waals surface area contributed by atoms with E-state index in [1.807, 2.05) is 42.5 Å². The summed E-state index contributed by atoms with van der Waals surface area (Å²) in [7, 11) is 1.59. The fourth-order valence-corrected chi connectivity index (χ4v) is 2.57. The fourth-order valence-electron chi connectivity index (χ4n) is 2.57. The van der Waals surface area contributed by atoms with Gasteiger partial charge in [0.2, 0.25) is 0 Å². The maximum absolute atomic E-state index is 12.1. The van der Waals surface area contributed by atoms with Crippen LogP contribution in [-0.4, -0.2) is 30.2 Å². The smallest absolute Gasteiger partial charge is 0.312 e. The van der Waals surface area contributed by atoms with Gasteiger partial charge in [-0.25, -0.2) is 0 Å². The van der Waals surface area contributed by atoms with Gasteiger partial charge in [-0.05, 0) is 36.8 Å². The molecule has 0 bridgehead atoms. The number of nitrogens with zero attached hydrogens (tertiary/aromatic N) is 1. The molecule has 7 nitrogen and oxygen atoms in total. The van der Waals surface area contributed by atoms with E-state index in [1.165, 1.54) is 6.92 Å². The van der Waals surface area contributed by atoms with Crippen LogP contribution in [0.15, 0.2) is 53.1 Å². The number of fused-ring (bicyclic) bond motifs is 1. The Bertz CT molecular complexity index is 933. The minimum Gasteiger partial charge on any atom is -0.497 e. The summed E-state index contributed by atoms with van der Waals surface area (Å²) in [5.41, 5.74) is 2.00. The molecular weight excluding hydrogens is 348 g/mol. The first-order chi connectivity index (χ1) is 13.1. The molecule has 1 atom stereocenters. The summed E-state index contributed by atoms with van der Waals surface area (Å²) < 4.78 is 15.5. The predicted octanol–water partition coefficient (Wildman–Crippen LogP) is 2.63. The number of carbonyl (C=O) groups is 2. The molecule has 0 aliphatic heterocycles. The van der Waals surface area contributed by atoms with Crippen molar-refractivity contribution in [2.75, 3.05) is 7.11 Å². The van der Waals surface area contributed by atoms with Crippen LogP contribution in [0.1, 0.15) is 18.2 Å². The molecule has 27 heavy (non-hydrogen) atoms. The van der Waals surface area contributed by atoms with Gasteiger partial charge in [-0.3, -0.25) is 9.59 Å². The van der Waals surface area contributed by atoms with E-state index in [-0.39, 0.29) is 12.3 Å². The third-order valence-electron chi connectivity index (χ3n) is 4.07. The van der Waals surface area contributed by atoms with Gasteiger partial charge in [-0.1, -0.05) is 29.4 Å². The van der Waals surface area contributed by atoms with Crippen LogP contribution < -0.4 is 10.1 Å². The largest absolute Gasteiger partial charge is 0.497 e. The lowest BCUT2D eigenvalue weighted by Gasteiger charge is -2.13. The van der Waals surface area contributed by atoms with Crippen molar-refractivity contribution in [3.8, 4) is 5.75 Å². The molecule has 140 valence electrons. The Hall–Kier alpha value is -3.35. The standard InChI is InChI=1S/C20H20N2O5/c1-13(20(24)21-12-14-7-9-15(25-2)10-8-14)26-19(23)11-17-16-5-3-4-6-18(16)27-22-17/h3-10,13H,11-12H2,1-2H3,(H,21,24)/t13-/m1/s1. The molecule has 0 spiro atoms. The number of methoxy groups -OCH3 is 1. The lowest BCUT2D eigenvalue weighted by molar-refractivity contribution is -0.154. The maximum Gasteiger partial charge on any atom is 0.312 e. The Balaban J connectivity index is 1.50. The topological polar surface area (TPSA) is 90.7 Å². The highest BCUT2D eigenvalue weighted by atomic mass is 16.5. The lowest BCUT2D eigenvalue weighted by atomic mass is 10.2. The molecule has 0 saturated carbocycles. The molecule has 0 aliphatic rings. The highest BCUT2D eigenvalue weighted by molar-refractivity contribution is 5.86. The first-order valence-electron chi connectivity index (χ1n) is 8.50. The number of para-hydroxylation sites is 1. The summed E-state index contributed by atoms with van der Waals surface area (Å²) in [5, 5.41) is 7.39. The quantitative estimate of drug-likeness (QED) is 0.645. The number of rotatable bonds is 7. The average Bonchev–Trinajstić information content (AvgIpc) is 3.09. The molecule has 2 aromatic carbocycles. The molecule has 0 saturated heterocycles. The third-order valence-corrected chi connectivity index (χ3v) is 4.07. The number of aromatic nitrogens is 1. The van der Waals surface area contributed by atoms with E-state index in [9.17, 15) is 9.59 Å². The average molecular weight is 368 g/mol. The number of benzene rings is 2. The predicted molar refractivity (Wildman–Crippen MR) is 98.1 cm³/mol. The molecule has 1 amide bonds. The molecule has 0 unspecified atom stereocenters. The van der Waals surface area contributed by atoms with E-state index < -0.39 is 12.1 Å². The van der Waals surface area contributed by atoms with Crippen LogP contribution in [0, 0.1) is 0 Å². The van der Waals surface area contributed by atoms with Crippen molar-refractivity contribution in [3.05, 3.63) is 59.8 Å². The number of hydrogen-bond donors (Lipinski definition) is 1. The Morgan fingerprint density at radius 2 is 1.89 bits per heavy atom. The number of ether oxygens (including phenoxy) is 2. The second-order valence-electron chi connectivity index (χ2n) is 6.00. The minimum atomic E-state index is -0.908. The highest BCUT2D eigenvalue weighted by Crippen LogP contribution is 2.18. The van der Waals surface area contributed by atoms with Crippen LogP contribution in [0.25, 0.3) is 11.0 Å². The lowest BCUT2D eigenvalue weighted by Crippen LogP contribution is -2.35. The van der Waals surface area contributed by atoms with Crippen LogP contribution in [0.2, 0.25) is 0 Å². The summed E-state index contributed by atoms with van der Waals surface area (Å²) in [6.45, 7) is 1.86. The van der Waals surface area contributed by atoms with Gasteiger partial charge in [0.25, 0.3) is 5.91 Å². The zero-order valence-electron chi connectivity index (χ0n) is 15.1. The van der Waals surface area contributed by atoms with Gasteiger partial charge in [0.05, 0.1) is 13.5 Å². The van der Waals surface area contributed by atoms with Crippen molar-refractivity contribution in [2.45, 2.75) is 26.0 Å². The molecule has 1 N–H and O–H groups in total. The number of esters is 1. The van der Waals surface area contributed by atoms with E-state index in [1.54, 1.807) is 13.2 Å². The molecule has 1 aromatic heterocycles. The van der Waals surface area contributed by atoms with Crippen molar-refractivity contribution in [2.24, 2.45) is 0 Å². The first kappa shape index (κ1) is 18.4. The zero-order valence-corrected chi connectivity index (χ0v) is 15.1. The van der Waals surface area contributed by atoms with E-state index in [2.05, 4.69) is 10.5 Å². The van der Waals surface area contributed by atoms with E-state index in [0.29, 0.717) is 17.8 Å². The van der Waals surface area contributed by atoms with Crippen molar-refractivity contribution < 1.29 is 23.6 Å². The third kappa shape index (κ3) is 4.63. The fraction of sp³-hybridized carbons (Fsp3) is 0.250. The van der Waals surface area contributed by atoms with Crippen LogP contribution in [-0.2, 0) is 27.3 Å². The normalized spacial score (nSPS) is 11.8. The molecule has 1 heterocycles. The number of nitrogens with one attached hydrogen (secondary N) is 1. The summed E-state index contributed by atoms with van der Waals surface area (Å²) in [5.74, 6) is -0.168. The Morgan fingerprint density at radius 3 is 2.63 bits per heavy atom. The Morgan fingerprint density at radius 1 is 1.15 bits per heavy atom. The van der Waals surface area contributed by atoms with E-state index in [0.717, 1.165) is 16.7 Å². The highest BCUT2D eigenvalue weighted by Gasteiger charge is 2.20. The summed E-state index contributed by atoms with van der Waals surface area (Å²) in [6.07, 6.45) is -0.971. The molecule has 3 rings (SSSR count). The minimum absolute atomic E-state index is 0.0624. The molecular formula is C20H20N2O5. The van der Waals surface area contributed by atoms with E-state index >= 15 is 0 Å². The van der Waals surface area contributed by atoms with Crippen LogP contribution >= 0.6 is 0 Å². The summed E-state index contributed by atoms with van der Waals surface area (Å²) >= 11 is 0. The summed E-state index contributed by atoms with van der Waals surface area (Å²) in [4.78, 5) is 24.3.